The van der Waals surface area contributed by atoms with Gasteiger partial charge >= 0.3 is 0 Å². The van der Waals surface area contributed by atoms with Crippen LogP contribution >= 0.6 is 11.6 Å². The van der Waals surface area contributed by atoms with Crippen LogP contribution in [0.4, 0.5) is 0 Å². The van der Waals surface area contributed by atoms with Crippen LogP contribution in [0.15, 0.2) is 43.0 Å². The van der Waals surface area contributed by atoms with Crippen molar-refractivity contribution in [2.75, 3.05) is 13.1 Å². The lowest BCUT2D eigenvalue weighted by Crippen LogP contribution is -2.33. The maximum absolute atomic E-state index is 12.3. The molecular formula is C15H14ClN3O3. The second-order valence-corrected chi connectivity index (χ2v) is 5.45. The summed E-state index contributed by atoms with van der Waals surface area (Å²) < 4.78 is 6.43. The fraction of sp³-hybridized carbons (Fsp3) is 0.267. The maximum Gasteiger partial charge on any atom is 0.260 e. The van der Waals surface area contributed by atoms with Crippen LogP contribution in [0.5, 0.6) is 5.75 Å². The van der Waals surface area contributed by atoms with Crippen LogP contribution in [0.1, 0.15) is 16.8 Å². The van der Waals surface area contributed by atoms with Crippen molar-refractivity contribution in [3.63, 3.8) is 0 Å². The van der Waals surface area contributed by atoms with Crippen LogP contribution in [-0.4, -0.2) is 35.0 Å². The van der Waals surface area contributed by atoms with Gasteiger partial charge in [-0.15, -0.1) is 0 Å². The molecule has 1 saturated heterocycles. The van der Waals surface area contributed by atoms with Gasteiger partial charge in [-0.05, 0) is 6.07 Å². The van der Waals surface area contributed by atoms with E-state index in [2.05, 4.69) is 4.98 Å². The van der Waals surface area contributed by atoms with E-state index < -0.39 is 0 Å². The van der Waals surface area contributed by atoms with Crippen molar-refractivity contribution >= 4 is 17.5 Å². The molecule has 0 bridgehead atoms. The van der Waals surface area contributed by atoms with Crippen molar-refractivity contribution in [1.29, 1.82) is 0 Å². The molecule has 1 atom stereocenters. The van der Waals surface area contributed by atoms with Gasteiger partial charge in [0.05, 0.1) is 6.54 Å². The molecule has 114 valence electrons. The molecule has 3 rings (SSSR count). The quantitative estimate of drug-likeness (QED) is 0.637. The van der Waals surface area contributed by atoms with Gasteiger partial charge in [0.15, 0.2) is 12.4 Å². The smallest absolute Gasteiger partial charge is 0.260 e. The van der Waals surface area contributed by atoms with E-state index in [-0.39, 0.29) is 12.0 Å². The molecule has 3 heterocycles. The highest BCUT2D eigenvalue weighted by molar-refractivity contribution is 6.31. The van der Waals surface area contributed by atoms with E-state index in [4.69, 9.17) is 16.3 Å². The number of hydrogen-bond donors (Lipinski definition) is 0. The lowest BCUT2D eigenvalue weighted by atomic mass is 10.2. The van der Waals surface area contributed by atoms with Crippen LogP contribution < -0.4 is 9.47 Å². The largest absolute Gasteiger partial charge is 0.619 e. The molecule has 22 heavy (non-hydrogen) atoms. The topological polar surface area (TPSA) is 69.4 Å². The van der Waals surface area contributed by atoms with E-state index >= 15 is 0 Å². The van der Waals surface area contributed by atoms with Gasteiger partial charge < -0.3 is 14.8 Å². The van der Waals surface area contributed by atoms with Crippen LogP contribution in [-0.2, 0) is 0 Å². The van der Waals surface area contributed by atoms with Crippen molar-refractivity contribution < 1.29 is 14.3 Å². The minimum Gasteiger partial charge on any atom is -0.619 e. The van der Waals surface area contributed by atoms with Crippen molar-refractivity contribution in [2.45, 2.75) is 12.5 Å². The van der Waals surface area contributed by atoms with Gasteiger partial charge in [0.2, 0.25) is 0 Å². The molecule has 6 nitrogen and oxygen atoms in total. The molecular weight excluding hydrogens is 306 g/mol. The third kappa shape index (κ3) is 3.12. The first kappa shape index (κ1) is 14.6. The number of nitrogens with zero attached hydrogens (tertiary/aromatic N) is 3. The van der Waals surface area contributed by atoms with Crippen LogP contribution in [0.3, 0.4) is 0 Å². The predicted molar refractivity (Wildman–Crippen MR) is 79.6 cm³/mol. The summed E-state index contributed by atoms with van der Waals surface area (Å²) in [5.41, 5.74) is 0.375. The second-order valence-electron chi connectivity index (χ2n) is 5.04. The first-order valence-electron chi connectivity index (χ1n) is 6.88. The molecule has 0 spiro atoms. The highest BCUT2D eigenvalue weighted by Gasteiger charge is 2.29. The summed E-state index contributed by atoms with van der Waals surface area (Å²) in [6.45, 7) is 1.05. The van der Waals surface area contributed by atoms with Crippen LogP contribution in [0.25, 0.3) is 0 Å². The number of hydrogen-bond acceptors (Lipinski definition) is 4. The fourth-order valence-electron chi connectivity index (χ4n) is 2.41. The van der Waals surface area contributed by atoms with E-state index in [0.29, 0.717) is 40.6 Å². The number of ether oxygens (including phenoxy) is 1. The third-order valence-corrected chi connectivity index (χ3v) is 3.77. The van der Waals surface area contributed by atoms with Crippen molar-refractivity contribution in [3.8, 4) is 5.75 Å². The Morgan fingerprint density at radius 3 is 3.14 bits per heavy atom. The molecule has 0 aromatic carbocycles. The molecule has 0 saturated carbocycles. The third-order valence-electron chi connectivity index (χ3n) is 3.48. The number of pyridine rings is 2. The average Bonchev–Trinajstić information content (AvgIpc) is 2.97. The van der Waals surface area contributed by atoms with Gasteiger partial charge in [0, 0.05) is 37.5 Å². The molecule has 0 aliphatic carbocycles. The first-order valence-corrected chi connectivity index (χ1v) is 7.25. The Morgan fingerprint density at radius 1 is 1.50 bits per heavy atom. The number of amides is 1. The summed E-state index contributed by atoms with van der Waals surface area (Å²) >= 11 is 6.01. The maximum atomic E-state index is 12.3. The van der Waals surface area contributed by atoms with E-state index in [1.807, 2.05) is 0 Å². The monoisotopic (exact) mass is 319 g/mol. The van der Waals surface area contributed by atoms with E-state index in [1.54, 1.807) is 29.3 Å². The molecule has 0 N–H and O–H groups in total. The van der Waals surface area contributed by atoms with Gasteiger partial charge in [-0.3, -0.25) is 9.78 Å². The number of halogens is 1. The molecule has 1 amide bonds. The summed E-state index contributed by atoms with van der Waals surface area (Å²) in [4.78, 5) is 17.9. The Hall–Kier alpha value is -2.34. The highest BCUT2D eigenvalue weighted by atomic mass is 35.5. The van der Waals surface area contributed by atoms with Gasteiger partial charge in [-0.1, -0.05) is 11.6 Å². The standard InChI is InChI=1S/C15H14ClN3O3/c16-13-8-17-5-3-14(13)22-12-4-7-18(10-12)15(20)11-2-1-6-19(21)9-11/h1-3,5-6,8-9,12H,4,7,10H2/t12-/m1/s1. The summed E-state index contributed by atoms with van der Waals surface area (Å²) in [7, 11) is 0. The molecule has 0 unspecified atom stereocenters. The number of likely N-dealkylation sites (tertiary alicyclic amines) is 1. The summed E-state index contributed by atoms with van der Waals surface area (Å²) in [5.74, 6) is 0.394. The molecule has 7 heteroatoms. The van der Waals surface area contributed by atoms with E-state index in [9.17, 15) is 10.0 Å². The normalized spacial score (nSPS) is 17.5. The Labute approximate surface area is 132 Å². The fourth-order valence-corrected chi connectivity index (χ4v) is 2.57. The van der Waals surface area contributed by atoms with E-state index in [1.165, 1.54) is 18.6 Å². The first-order chi connectivity index (χ1) is 10.6. The SMILES string of the molecule is O=C(c1ccc[n+]([O-])c1)N1CC[C@@H](Oc2ccncc2Cl)C1. The van der Waals surface area contributed by atoms with Gasteiger partial charge in [0.25, 0.3) is 5.91 Å². The molecule has 0 radical (unpaired) electrons. The van der Waals surface area contributed by atoms with Gasteiger partial charge in [-0.2, -0.15) is 4.73 Å². The van der Waals surface area contributed by atoms with Crippen molar-refractivity contribution in [3.05, 3.63) is 58.8 Å². The van der Waals surface area contributed by atoms with Gasteiger partial charge in [0.1, 0.15) is 22.4 Å². The van der Waals surface area contributed by atoms with Crippen molar-refractivity contribution in [2.24, 2.45) is 0 Å². The van der Waals surface area contributed by atoms with Crippen LogP contribution in [0, 0.1) is 5.21 Å². The molecule has 1 fully saturated rings. The zero-order valence-corrected chi connectivity index (χ0v) is 12.4. The number of rotatable bonds is 3. The lowest BCUT2D eigenvalue weighted by molar-refractivity contribution is -0.605. The molecule has 1 aliphatic heterocycles. The summed E-state index contributed by atoms with van der Waals surface area (Å²) in [6, 6.07) is 4.88. The van der Waals surface area contributed by atoms with Gasteiger partial charge in [-0.25, -0.2) is 0 Å². The Kier molecular flexibility index (Phi) is 4.11. The van der Waals surface area contributed by atoms with E-state index in [0.717, 1.165) is 0 Å². The molecule has 2 aromatic heterocycles. The predicted octanol–water partition coefficient (Wildman–Crippen LogP) is 1.66. The lowest BCUT2D eigenvalue weighted by Gasteiger charge is -2.17. The van der Waals surface area contributed by atoms with Crippen molar-refractivity contribution in [1.82, 2.24) is 9.88 Å². The zero-order chi connectivity index (χ0) is 15.5. The minimum atomic E-state index is -0.169. The Balaban J connectivity index is 1.65. The summed E-state index contributed by atoms with van der Waals surface area (Å²) in [5, 5.41) is 11.7. The average molecular weight is 320 g/mol. The second kappa shape index (κ2) is 6.19. The Morgan fingerprint density at radius 2 is 2.36 bits per heavy atom. The number of aromatic nitrogens is 2. The molecule has 1 aliphatic rings. The highest BCUT2D eigenvalue weighted by Crippen LogP contribution is 2.26. The Bertz CT molecular complexity index is 695. The number of carbonyl (C=O) groups is 1. The van der Waals surface area contributed by atoms with Crippen LogP contribution in [0.2, 0.25) is 5.02 Å². The minimum absolute atomic E-state index is 0.119. The summed E-state index contributed by atoms with van der Waals surface area (Å²) in [6.07, 6.45) is 6.34. The molecule has 2 aromatic rings. The zero-order valence-electron chi connectivity index (χ0n) is 11.7. The number of carbonyl (C=O) groups excluding carboxylic acids is 1.